The lowest BCUT2D eigenvalue weighted by molar-refractivity contribution is -0.115. The molecule has 3 aromatic rings. The lowest BCUT2D eigenvalue weighted by atomic mass is 10.2. The number of hydrogen-bond donors (Lipinski definition) is 2. The molecule has 2 aromatic heterocycles. The fourth-order valence-electron chi connectivity index (χ4n) is 2.73. The van der Waals surface area contributed by atoms with Crippen LogP contribution in [0.15, 0.2) is 30.5 Å². The Hall–Kier alpha value is -2.80. The number of aryl methyl sites for hydroxylation is 2. The summed E-state index contributed by atoms with van der Waals surface area (Å²) in [6.45, 7) is 2.36. The first-order valence-corrected chi connectivity index (χ1v) is 8.52. The van der Waals surface area contributed by atoms with Crippen molar-refractivity contribution in [3.05, 3.63) is 41.2 Å². The van der Waals surface area contributed by atoms with Crippen LogP contribution in [-0.4, -0.2) is 34.3 Å². The third-order valence-corrected chi connectivity index (χ3v) is 4.21. The number of hydrogen-bond acceptors (Lipinski definition) is 5. The minimum absolute atomic E-state index is 0.110. The van der Waals surface area contributed by atoms with E-state index in [1.807, 2.05) is 20.0 Å². The van der Waals surface area contributed by atoms with Crippen molar-refractivity contribution >= 4 is 39.9 Å². The van der Waals surface area contributed by atoms with Gasteiger partial charge in [0, 0.05) is 30.4 Å². The van der Waals surface area contributed by atoms with Gasteiger partial charge in [0.1, 0.15) is 5.75 Å². The molecule has 7 nitrogen and oxygen atoms in total. The molecule has 0 unspecified atom stereocenters. The van der Waals surface area contributed by atoms with Crippen molar-refractivity contribution in [1.29, 1.82) is 0 Å². The summed E-state index contributed by atoms with van der Waals surface area (Å²) in [5.41, 5.74) is 3.07. The minimum atomic E-state index is -0.110. The fourth-order valence-corrected chi connectivity index (χ4v) is 2.90. The number of rotatable bonds is 6. The van der Waals surface area contributed by atoms with Crippen LogP contribution >= 0.6 is 11.6 Å². The van der Waals surface area contributed by atoms with Crippen molar-refractivity contribution in [2.24, 2.45) is 7.05 Å². The van der Waals surface area contributed by atoms with Crippen LogP contribution < -0.4 is 15.4 Å². The van der Waals surface area contributed by atoms with Gasteiger partial charge in [-0.25, -0.2) is 4.98 Å². The van der Waals surface area contributed by atoms with Gasteiger partial charge in [-0.1, -0.05) is 11.6 Å². The number of fused-ring (bicyclic) bond motifs is 1. The molecule has 0 saturated heterocycles. The maximum Gasteiger partial charge on any atom is 0.226 e. The van der Waals surface area contributed by atoms with Crippen LogP contribution in [0, 0.1) is 6.92 Å². The van der Waals surface area contributed by atoms with Gasteiger partial charge in [-0.15, -0.1) is 0 Å². The Morgan fingerprint density at radius 1 is 1.35 bits per heavy atom. The van der Waals surface area contributed by atoms with Crippen LogP contribution in [0.2, 0.25) is 5.02 Å². The zero-order valence-corrected chi connectivity index (χ0v) is 15.6. The standard InChI is InChI=1S/C18H20ClN5O2/c1-11-14-9-13(10-21-18(14)24(2)23-11)22-17(25)6-7-20-15-8-12(19)4-5-16(15)26-3/h4-5,8-10,20H,6-7H2,1-3H3,(H,22,25). The predicted molar refractivity (Wildman–Crippen MR) is 103 cm³/mol. The number of halogens is 1. The normalized spacial score (nSPS) is 10.8. The molecule has 2 N–H and O–H groups in total. The number of nitrogens with zero attached hydrogens (tertiary/aromatic N) is 3. The molecule has 3 rings (SSSR count). The molecule has 26 heavy (non-hydrogen) atoms. The number of carbonyl (C=O) groups excluding carboxylic acids is 1. The summed E-state index contributed by atoms with van der Waals surface area (Å²) in [6, 6.07) is 7.18. The second kappa shape index (κ2) is 7.61. The molecule has 136 valence electrons. The average molecular weight is 374 g/mol. The summed E-state index contributed by atoms with van der Waals surface area (Å²) in [4.78, 5) is 16.5. The number of ether oxygens (including phenoxy) is 1. The van der Waals surface area contributed by atoms with Crippen LogP contribution in [0.3, 0.4) is 0 Å². The van der Waals surface area contributed by atoms with Crippen LogP contribution in [0.25, 0.3) is 11.0 Å². The van der Waals surface area contributed by atoms with Crippen molar-refractivity contribution in [2.75, 3.05) is 24.3 Å². The van der Waals surface area contributed by atoms with E-state index < -0.39 is 0 Å². The molecule has 0 atom stereocenters. The number of pyridine rings is 1. The Morgan fingerprint density at radius 3 is 2.92 bits per heavy atom. The summed E-state index contributed by atoms with van der Waals surface area (Å²) in [5.74, 6) is 0.567. The molecule has 0 spiro atoms. The Balaban J connectivity index is 1.59. The highest BCUT2D eigenvalue weighted by Crippen LogP contribution is 2.27. The number of anilines is 2. The first-order chi connectivity index (χ1) is 12.5. The van der Waals surface area contributed by atoms with Gasteiger partial charge in [0.15, 0.2) is 5.65 Å². The van der Waals surface area contributed by atoms with E-state index in [-0.39, 0.29) is 5.91 Å². The third kappa shape index (κ3) is 3.88. The second-order valence-electron chi connectivity index (χ2n) is 5.87. The van der Waals surface area contributed by atoms with E-state index in [4.69, 9.17) is 16.3 Å². The molecule has 0 aliphatic rings. The van der Waals surface area contributed by atoms with Crippen LogP contribution in [-0.2, 0) is 11.8 Å². The Bertz CT molecular complexity index is 954. The molecule has 8 heteroatoms. The summed E-state index contributed by atoms with van der Waals surface area (Å²) in [5, 5.41) is 11.9. The zero-order valence-electron chi connectivity index (χ0n) is 14.8. The SMILES string of the molecule is COc1ccc(Cl)cc1NCCC(=O)Nc1cnc2c(c1)c(C)nn2C. The maximum atomic E-state index is 12.2. The lowest BCUT2D eigenvalue weighted by Crippen LogP contribution is -2.16. The van der Waals surface area contributed by atoms with Crippen molar-refractivity contribution in [2.45, 2.75) is 13.3 Å². The highest BCUT2D eigenvalue weighted by molar-refractivity contribution is 6.30. The van der Waals surface area contributed by atoms with Gasteiger partial charge >= 0.3 is 0 Å². The van der Waals surface area contributed by atoms with Crippen molar-refractivity contribution < 1.29 is 9.53 Å². The topological polar surface area (TPSA) is 81.1 Å². The van der Waals surface area contributed by atoms with Gasteiger partial charge in [-0.05, 0) is 31.2 Å². The minimum Gasteiger partial charge on any atom is -0.495 e. The monoisotopic (exact) mass is 373 g/mol. The van der Waals surface area contributed by atoms with Gasteiger partial charge in [-0.3, -0.25) is 9.48 Å². The van der Waals surface area contributed by atoms with Gasteiger partial charge in [0.2, 0.25) is 5.91 Å². The van der Waals surface area contributed by atoms with Gasteiger partial charge in [0.05, 0.1) is 30.4 Å². The molecule has 0 aliphatic carbocycles. The molecule has 0 fully saturated rings. The molecule has 1 aromatic carbocycles. The van der Waals surface area contributed by atoms with Gasteiger partial charge in [-0.2, -0.15) is 5.10 Å². The summed E-state index contributed by atoms with van der Waals surface area (Å²) in [6.07, 6.45) is 1.93. The smallest absolute Gasteiger partial charge is 0.226 e. The predicted octanol–water partition coefficient (Wildman–Crippen LogP) is 3.38. The van der Waals surface area contributed by atoms with E-state index in [1.165, 1.54) is 0 Å². The molecule has 2 heterocycles. The third-order valence-electron chi connectivity index (χ3n) is 3.98. The zero-order chi connectivity index (χ0) is 18.7. The van der Waals surface area contributed by atoms with E-state index in [0.29, 0.717) is 29.4 Å². The van der Waals surface area contributed by atoms with Crippen LogP contribution in [0.5, 0.6) is 5.75 Å². The number of benzene rings is 1. The number of carbonyl (C=O) groups is 1. The largest absolute Gasteiger partial charge is 0.495 e. The highest BCUT2D eigenvalue weighted by atomic mass is 35.5. The van der Waals surface area contributed by atoms with E-state index in [1.54, 1.807) is 36.2 Å². The maximum absolute atomic E-state index is 12.2. The van der Waals surface area contributed by atoms with Crippen molar-refractivity contribution in [3.8, 4) is 5.75 Å². The summed E-state index contributed by atoms with van der Waals surface area (Å²) in [7, 11) is 3.43. The average Bonchev–Trinajstić information content (AvgIpc) is 2.89. The van der Waals surface area contributed by atoms with E-state index in [9.17, 15) is 4.79 Å². The molecule has 0 radical (unpaired) electrons. The molecular weight excluding hydrogens is 354 g/mol. The number of nitrogens with one attached hydrogen (secondary N) is 2. The first-order valence-electron chi connectivity index (χ1n) is 8.14. The van der Waals surface area contributed by atoms with Crippen LogP contribution in [0.1, 0.15) is 12.1 Å². The molecular formula is C18H20ClN5O2. The highest BCUT2D eigenvalue weighted by Gasteiger charge is 2.09. The lowest BCUT2D eigenvalue weighted by Gasteiger charge is -2.11. The molecule has 0 bridgehead atoms. The first kappa shape index (κ1) is 18.0. The van der Waals surface area contributed by atoms with Gasteiger partial charge in [0.25, 0.3) is 0 Å². The van der Waals surface area contributed by atoms with Crippen molar-refractivity contribution in [3.63, 3.8) is 0 Å². The Morgan fingerprint density at radius 2 is 2.15 bits per heavy atom. The summed E-state index contributed by atoms with van der Waals surface area (Å²) < 4.78 is 6.99. The molecule has 0 saturated carbocycles. The van der Waals surface area contributed by atoms with Crippen molar-refractivity contribution in [1.82, 2.24) is 14.8 Å². The van der Waals surface area contributed by atoms with E-state index >= 15 is 0 Å². The van der Waals surface area contributed by atoms with Crippen LogP contribution in [0.4, 0.5) is 11.4 Å². The van der Waals surface area contributed by atoms with Gasteiger partial charge < -0.3 is 15.4 Å². The number of amides is 1. The summed E-state index contributed by atoms with van der Waals surface area (Å²) >= 11 is 6.00. The Kier molecular flexibility index (Phi) is 5.27. The number of methoxy groups -OCH3 is 1. The molecule has 1 amide bonds. The van der Waals surface area contributed by atoms with E-state index in [2.05, 4.69) is 20.7 Å². The molecule has 0 aliphatic heterocycles. The quantitative estimate of drug-likeness (QED) is 0.692. The Labute approximate surface area is 156 Å². The second-order valence-corrected chi connectivity index (χ2v) is 6.31. The fraction of sp³-hybridized carbons (Fsp3) is 0.278. The number of aromatic nitrogens is 3. The van der Waals surface area contributed by atoms with E-state index in [0.717, 1.165) is 22.4 Å².